The molecule has 1 atom stereocenters. The fourth-order valence-electron chi connectivity index (χ4n) is 3.40. The maximum absolute atomic E-state index is 3.88. The van der Waals surface area contributed by atoms with E-state index < -0.39 is 0 Å². The molecule has 0 bridgehead atoms. The third kappa shape index (κ3) is 4.07. The summed E-state index contributed by atoms with van der Waals surface area (Å²) in [5.41, 5.74) is 1.54. The van der Waals surface area contributed by atoms with Gasteiger partial charge in [-0.1, -0.05) is 51.1 Å². The van der Waals surface area contributed by atoms with E-state index in [1.807, 2.05) is 0 Å². The molecule has 1 aliphatic rings. The highest BCUT2D eigenvalue weighted by Crippen LogP contribution is 2.33. The average molecular weight is 259 g/mol. The first-order chi connectivity index (χ1) is 9.20. The first-order valence-corrected chi connectivity index (χ1v) is 8.01. The molecule has 19 heavy (non-hydrogen) atoms. The van der Waals surface area contributed by atoms with Gasteiger partial charge in [0, 0.05) is 12.1 Å². The zero-order chi connectivity index (χ0) is 13.7. The lowest BCUT2D eigenvalue weighted by Crippen LogP contribution is -2.42. The molecule has 0 spiro atoms. The molecule has 1 N–H and O–H groups in total. The molecule has 1 fully saturated rings. The van der Waals surface area contributed by atoms with Crippen LogP contribution in [0.4, 0.5) is 0 Å². The zero-order valence-corrected chi connectivity index (χ0v) is 12.7. The van der Waals surface area contributed by atoms with Gasteiger partial charge in [0.1, 0.15) is 0 Å². The van der Waals surface area contributed by atoms with Gasteiger partial charge in [-0.3, -0.25) is 0 Å². The van der Waals surface area contributed by atoms with E-state index in [0.29, 0.717) is 6.04 Å². The highest BCUT2D eigenvalue weighted by Gasteiger charge is 2.24. The lowest BCUT2D eigenvalue weighted by Gasteiger charge is -2.33. The molecule has 1 heteroatoms. The van der Waals surface area contributed by atoms with Crippen LogP contribution in [0.15, 0.2) is 30.3 Å². The number of hydrogen-bond donors (Lipinski definition) is 1. The highest BCUT2D eigenvalue weighted by molar-refractivity contribution is 5.20. The lowest BCUT2D eigenvalue weighted by molar-refractivity contribution is 0.278. The van der Waals surface area contributed by atoms with Crippen molar-refractivity contribution >= 4 is 0 Å². The number of rotatable bonds is 5. The molecule has 1 unspecified atom stereocenters. The summed E-state index contributed by atoms with van der Waals surface area (Å²) in [6.07, 6.45) is 6.61. The van der Waals surface area contributed by atoms with Crippen molar-refractivity contribution in [2.45, 2.75) is 70.9 Å². The zero-order valence-electron chi connectivity index (χ0n) is 12.7. The summed E-state index contributed by atoms with van der Waals surface area (Å²) in [6, 6.07) is 12.5. The topological polar surface area (TPSA) is 12.0 Å². The smallest absolute Gasteiger partial charge is 0.00900 e. The Morgan fingerprint density at radius 2 is 1.68 bits per heavy atom. The van der Waals surface area contributed by atoms with Crippen molar-refractivity contribution in [2.24, 2.45) is 5.92 Å². The molecule has 1 nitrogen and oxygen atoms in total. The predicted molar refractivity (Wildman–Crippen MR) is 83.5 cm³/mol. The Bertz CT molecular complexity index is 349. The van der Waals surface area contributed by atoms with Gasteiger partial charge in [-0.15, -0.1) is 0 Å². The summed E-state index contributed by atoms with van der Waals surface area (Å²) in [7, 11) is 0. The summed E-state index contributed by atoms with van der Waals surface area (Å²) in [4.78, 5) is 0. The van der Waals surface area contributed by atoms with E-state index in [4.69, 9.17) is 0 Å². The molecule has 106 valence electrons. The minimum atomic E-state index is 0.693. The molecule has 1 saturated carbocycles. The molecule has 0 saturated heterocycles. The van der Waals surface area contributed by atoms with Gasteiger partial charge < -0.3 is 5.32 Å². The Morgan fingerprint density at radius 3 is 2.21 bits per heavy atom. The normalized spacial score (nSPS) is 25.5. The molecule has 0 amide bonds. The van der Waals surface area contributed by atoms with E-state index in [2.05, 4.69) is 56.4 Å². The van der Waals surface area contributed by atoms with Crippen LogP contribution in [0.5, 0.6) is 0 Å². The predicted octanol–water partition coefficient (Wildman–Crippen LogP) is 4.74. The van der Waals surface area contributed by atoms with Gasteiger partial charge in [-0.2, -0.15) is 0 Å². The van der Waals surface area contributed by atoms with Crippen LogP contribution in [0.1, 0.15) is 64.4 Å². The van der Waals surface area contributed by atoms with Crippen molar-refractivity contribution in [1.29, 1.82) is 0 Å². The molecule has 0 aliphatic heterocycles. The van der Waals surface area contributed by atoms with E-state index >= 15 is 0 Å². The summed E-state index contributed by atoms with van der Waals surface area (Å²) in [6.45, 7) is 6.96. The van der Waals surface area contributed by atoms with Gasteiger partial charge in [0.25, 0.3) is 0 Å². The Morgan fingerprint density at radius 1 is 1.05 bits per heavy atom. The fraction of sp³-hybridized carbons (Fsp3) is 0.667. The number of benzene rings is 1. The van der Waals surface area contributed by atoms with Crippen molar-refractivity contribution in [3.8, 4) is 0 Å². The van der Waals surface area contributed by atoms with Crippen LogP contribution in [0.25, 0.3) is 0 Å². The first kappa shape index (κ1) is 14.6. The van der Waals surface area contributed by atoms with Crippen LogP contribution < -0.4 is 5.32 Å². The van der Waals surface area contributed by atoms with Crippen LogP contribution >= 0.6 is 0 Å². The summed E-state index contributed by atoms with van der Waals surface area (Å²) in [5, 5.41) is 3.88. The van der Waals surface area contributed by atoms with E-state index in [-0.39, 0.29) is 0 Å². The van der Waals surface area contributed by atoms with Crippen molar-refractivity contribution in [2.75, 3.05) is 0 Å². The molecule has 0 radical (unpaired) electrons. The monoisotopic (exact) mass is 259 g/mol. The molecule has 1 aromatic rings. The largest absolute Gasteiger partial charge is 0.311 e. The number of hydrogen-bond acceptors (Lipinski definition) is 1. The van der Waals surface area contributed by atoms with Crippen LogP contribution in [0.3, 0.4) is 0 Å². The highest BCUT2D eigenvalue weighted by atomic mass is 15.0. The molecule has 0 heterocycles. The molecule has 1 aliphatic carbocycles. The fourth-order valence-corrected chi connectivity index (χ4v) is 3.40. The van der Waals surface area contributed by atoms with Gasteiger partial charge >= 0.3 is 0 Å². The van der Waals surface area contributed by atoms with Gasteiger partial charge in [-0.25, -0.2) is 0 Å². The van der Waals surface area contributed by atoms with Crippen molar-refractivity contribution in [3.05, 3.63) is 35.9 Å². The third-order valence-corrected chi connectivity index (χ3v) is 4.69. The van der Waals surface area contributed by atoms with Gasteiger partial charge in [0.2, 0.25) is 0 Å². The SMILES string of the molecule is CCC(NC1CCC(c2ccccc2)CC1)C(C)C. The molecule has 1 aromatic carbocycles. The van der Waals surface area contributed by atoms with E-state index in [1.165, 1.54) is 37.7 Å². The average Bonchev–Trinajstić information content (AvgIpc) is 2.46. The minimum Gasteiger partial charge on any atom is -0.311 e. The summed E-state index contributed by atoms with van der Waals surface area (Å²) >= 11 is 0. The second-order valence-electron chi connectivity index (χ2n) is 6.38. The third-order valence-electron chi connectivity index (χ3n) is 4.69. The summed E-state index contributed by atoms with van der Waals surface area (Å²) in [5.74, 6) is 1.54. The molecular weight excluding hydrogens is 230 g/mol. The van der Waals surface area contributed by atoms with Crippen LogP contribution in [0, 0.1) is 5.92 Å². The Hall–Kier alpha value is -0.820. The van der Waals surface area contributed by atoms with Gasteiger partial charge in [0.15, 0.2) is 0 Å². The Labute approximate surface area is 118 Å². The lowest BCUT2D eigenvalue weighted by atomic mass is 9.81. The number of nitrogens with one attached hydrogen (secondary N) is 1. The van der Waals surface area contributed by atoms with E-state index in [9.17, 15) is 0 Å². The van der Waals surface area contributed by atoms with Gasteiger partial charge in [0.05, 0.1) is 0 Å². The van der Waals surface area contributed by atoms with E-state index in [1.54, 1.807) is 0 Å². The second kappa shape index (κ2) is 7.09. The van der Waals surface area contributed by atoms with Gasteiger partial charge in [-0.05, 0) is 49.5 Å². The maximum atomic E-state index is 3.88. The van der Waals surface area contributed by atoms with Crippen molar-refractivity contribution < 1.29 is 0 Å². The van der Waals surface area contributed by atoms with E-state index in [0.717, 1.165) is 17.9 Å². The Balaban J connectivity index is 1.82. The van der Waals surface area contributed by atoms with Crippen LogP contribution in [-0.4, -0.2) is 12.1 Å². The molecular formula is C18H29N. The second-order valence-corrected chi connectivity index (χ2v) is 6.38. The van der Waals surface area contributed by atoms with Crippen LogP contribution in [0.2, 0.25) is 0 Å². The minimum absolute atomic E-state index is 0.693. The molecule has 0 aromatic heterocycles. The first-order valence-electron chi connectivity index (χ1n) is 8.01. The Kier molecular flexibility index (Phi) is 5.45. The van der Waals surface area contributed by atoms with Crippen LogP contribution in [-0.2, 0) is 0 Å². The van der Waals surface area contributed by atoms with Crippen molar-refractivity contribution in [1.82, 2.24) is 5.32 Å². The van der Waals surface area contributed by atoms with Crippen molar-refractivity contribution in [3.63, 3.8) is 0 Å². The quantitative estimate of drug-likeness (QED) is 0.805. The summed E-state index contributed by atoms with van der Waals surface area (Å²) < 4.78 is 0. The standard InChI is InChI=1S/C18H29N/c1-4-18(14(2)3)19-17-12-10-16(11-13-17)15-8-6-5-7-9-15/h5-9,14,16-19H,4,10-13H2,1-3H3. The molecule has 2 rings (SSSR count). The maximum Gasteiger partial charge on any atom is 0.00900 e.